The van der Waals surface area contributed by atoms with Crippen LogP contribution in [0.25, 0.3) is 0 Å². The minimum atomic E-state index is -1.60. The van der Waals surface area contributed by atoms with Gasteiger partial charge in [-0.15, -0.1) is 9.24 Å². The first-order valence-corrected chi connectivity index (χ1v) is 4.69. The van der Waals surface area contributed by atoms with E-state index in [0.29, 0.717) is 0 Å². The molecule has 0 heterocycles. The molecule has 0 amide bonds. The van der Waals surface area contributed by atoms with Gasteiger partial charge in [0, 0.05) is 5.30 Å². The van der Waals surface area contributed by atoms with Crippen LogP contribution in [0.2, 0.25) is 0 Å². The van der Waals surface area contributed by atoms with Gasteiger partial charge in [0.2, 0.25) is 0 Å². The molecule has 0 spiro atoms. The van der Waals surface area contributed by atoms with Gasteiger partial charge >= 0.3 is 5.97 Å². The quantitative estimate of drug-likeness (QED) is 0.467. The van der Waals surface area contributed by atoms with Gasteiger partial charge in [-0.2, -0.15) is 0 Å². The molecule has 1 unspecified atom stereocenters. The normalized spacial score (nSPS) is 10.3. The van der Waals surface area contributed by atoms with Crippen LogP contribution in [0.5, 0.6) is 0 Å². The van der Waals surface area contributed by atoms with Crippen molar-refractivity contribution in [1.82, 2.24) is 0 Å². The van der Waals surface area contributed by atoms with Crippen LogP contribution in [0, 0.1) is 11.6 Å². The zero-order chi connectivity index (χ0) is 11.0. The predicted octanol–water partition coefficient (Wildman–Crippen LogP) is 1.51. The Morgan fingerprint density at radius 3 is 2.36 bits per heavy atom. The molecule has 0 aromatic heterocycles. The monoisotopic (exact) mass is 283 g/mol. The lowest BCUT2D eigenvalue weighted by Gasteiger charge is -2.09. The van der Waals surface area contributed by atoms with Gasteiger partial charge in [-0.05, 0) is 15.9 Å². The minimum Gasteiger partial charge on any atom is -0.478 e. The average Bonchev–Trinajstić information content (AvgIpc) is 2.11. The van der Waals surface area contributed by atoms with Crippen molar-refractivity contribution < 1.29 is 18.7 Å². The van der Waals surface area contributed by atoms with Gasteiger partial charge in [0.25, 0.3) is 0 Å². The lowest BCUT2D eigenvalue weighted by atomic mass is 10.1. The lowest BCUT2D eigenvalue weighted by molar-refractivity contribution is 0.0692. The van der Waals surface area contributed by atoms with Crippen LogP contribution >= 0.6 is 25.2 Å². The molecular formula is C7H5BrF2NO2P. The molecule has 1 aromatic rings. The molecular weight excluding hydrogens is 279 g/mol. The second-order valence-corrected chi connectivity index (χ2v) is 3.82. The van der Waals surface area contributed by atoms with Crippen molar-refractivity contribution in [2.24, 2.45) is 0 Å². The molecule has 0 aliphatic carbocycles. The summed E-state index contributed by atoms with van der Waals surface area (Å²) in [7, 11) is 2.04. The Morgan fingerprint density at radius 1 is 1.43 bits per heavy atom. The Labute approximate surface area is 88.6 Å². The summed E-state index contributed by atoms with van der Waals surface area (Å²) in [5.41, 5.74) is 4.15. The summed E-state index contributed by atoms with van der Waals surface area (Å²) in [6.07, 6.45) is 0. The molecule has 1 aromatic carbocycles. The topological polar surface area (TPSA) is 63.3 Å². The molecule has 3 nitrogen and oxygen atoms in total. The third kappa shape index (κ3) is 1.60. The van der Waals surface area contributed by atoms with Crippen LogP contribution in [0.4, 0.5) is 14.5 Å². The summed E-state index contributed by atoms with van der Waals surface area (Å²) in [6, 6.07) is 0. The number of rotatable bonds is 1. The second kappa shape index (κ2) is 3.79. The van der Waals surface area contributed by atoms with Gasteiger partial charge < -0.3 is 10.8 Å². The Hall–Kier alpha value is -0.740. The molecule has 0 bridgehead atoms. The molecule has 3 N–H and O–H groups in total. The van der Waals surface area contributed by atoms with Crippen LogP contribution in [-0.2, 0) is 0 Å². The molecule has 14 heavy (non-hydrogen) atoms. The van der Waals surface area contributed by atoms with Crippen LogP contribution in [0.3, 0.4) is 0 Å². The number of carboxylic acid groups (broad SMARTS) is 1. The maximum atomic E-state index is 13.1. The highest BCUT2D eigenvalue weighted by Gasteiger charge is 2.23. The number of benzene rings is 1. The van der Waals surface area contributed by atoms with Gasteiger partial charge in [0.15, 0.2) is 11.6 Å². The molecule has 0 saturated heterocycles. The molecule has 0 aliphatic rings. The predicted molar refractivity (Wildman–Crippen MR) is 54.8 cm³/mol. The van der Waals surface area contributed by atoms with Crippen molar-refractivity contribution in [3.05, 3.63) is 21.7 Å². The summed E-state index contributed by atoms with van der Waals surface area (Å²) in [4.78, 5) is 10.5. The number of nitrogen functional groups attached to an aromatic ring is 1. The molecule has 1 rings (SSSR count). The van der Waals surface area contributed by atoms with Crippen molar-refractivity contribution >= 4 is 42.1 Å². The molecule has 0 saturated carbocycles. The fourth-order valence-corrected chi connectivity index (χ4v) is 1.56. The summed E-state index contributed by atoms with van der Waals surface area (Å²) in [6.45, 7) is 0. The highest BCUT2D eigenvalue weighted by atomic mass is 79.9. The zero-order valence-corrected chi connectivity index (χ0v) is 9.38. The third-order valence-corrected chi connectivity index (χ3v) is 3.41. The number of aromatic carboxylic acids is 1. The summed E-state index contributed by atoms with van der Waals surface area (Å²) in [5, 5.41) is 8.66. The maximum absolute atomic E-state index is 13.1. The van der Waals surface area contributed by atoms with E-state index in [9.17, 15) is 13.6 Å². The molecule has 0 radical (unpaired) electrons. The second-order valence-electron chi connectivity index (χ2n) is 2.45. The standard InChI is InChI=1S/C7H5BrF2NO2P/c8-2-4(10)3(9)1(7(12)13)5(11)6(2)14/h11,14H2,(H,12,13). The van der Waals surface area contributed by atoms with E-state index in [1.807, 2.05) is 9.24 Å². The fourth-order valence-electron chi connectivity index (χ4n) is 0.905. The Kier molecular flexibility index (Phi) is 3.07. The Bertz CT molecular complexity index is 396. The van der Waals surface area contributed by atoms with Gasteiger partial charge in [0.05, 0.1) is 10.2 Å². The smallest absolute Gasteiger partial charge is 0.340 e. The number of carboxylic acids is 1. The van der Waals surface area contributed by atoms with E-state index in [2.05, 4.69) is 15.9 Å². The number of hydrogen-bond donors (Lipinski definition) is 2. The largest absolute Gasteiger partial charge is 0.478 e. The summed E-state index contributed by atoms with van der Waals surface area (Å²) >= 11 is 2.76. The van der Waals surface area contributed by atoms with Crippen molar-refractivity contribution in [3.8, 4) is 0 Å². The first kappa shape index (κ1) is 11.3. The van der Waals surface area contributed by atoms with E-state index >= 15 is 0 Å². The molecule has 7 heteroatoms. The Balaban J connectivity index is 3.68. The van der Waals surface area contributed by atoms with E-state index in [-0.39, 0.29) is 15.5 Å². The van der Waals surface area contributed by atoms with Crippen LogP contribution in [0.1, 0.15) is 10.4 Å². The Morgan fingerprint density at radius 2 is 1.93 bits per heavy atom. The number of anilines is 1. The van der Waals surface area contributed by atoms with Crippen LogP contribution < -0.4 is 11.0 Å². The van der Waals surface area contributed by atoms with Gasteiger partial charge in [-0.25, -0.2) is 13.6 Å². The van der Waals surface area contributed by atoms with Crippen molar-refractivity contribution in [1.29, 1.82) is 0 Å². The zero-order valence-electron chi connectivity index (χ0n) is 6.64. The van der Waals surface area contributed by atoms with E-state index in [1.54, 1.807) is 0 Å². The van der Waals surface area contributed by atoms with Crippen molar-refractivity contribution in [3.63, 3.8) is 0 Å². The van der Waals surface area contributed by atoms with Gasteiger partial charge in [0.1, 0.15) is 5.56 Å². The van der Waals surface area contributed by atoms with Crippen molar-refractivity contribution in [2.75, 3.05) is 5.73 Å². The highest BCUT2D eigenvalue weighted by molar-refractivity contribution is 9.10. The van der Waals surface area contributed by atoms with Gasteiger partial charge in [-0.3, -0.25) is 0 Å². The highest BCUT2D eigenvalue weighted by Crippen LogP contribution is 2.26. The summed E-state index contributed by atoms with van der Waals surface area (Å²) < 4.78 is 25.9. The first-order chi connectivity index (χ1) is 6.37. The van der Waals surface area contributed by atoms with Gasteiger partial charge in [-0.1, -0.05) is 0 Å². The number of halogens is 3. The van der Waals surface area contributed by atoms with E-state index in [4.69, 9.17) is 10.8 Å². The van der Waals surface area contributed by atoms with Crippen LogP contribution in [0.15, 0.2) is 4.47 Å². The molecule has 0 fully saturated rings. The SMILES string of the molecule is Nc1c(P)c(Br)c(F)c(F)c1C(=O)O. The lowest BCUT2D eigenvalue weighted by Crippen LogP contribution is -2.16. The van der Waals surface area contributed by atoms with Crippen molar-refractivity contribution in [2.45, 2.75) is 0 Å². The first-order valence-electron chi connectivity index (χ1n) is 3.32. The number of carbonyl (C=O) groups is 1. The fraction of sp³-hybridized carbons (Fsp3) is 0. The maximum Gasteiger partial charge on any atom is 0.340 e. The molecule has 1 atom stereocenters. The number of nitrogens with two attached hydrogens (primary N) is 1. The molecule has 0 aliphatic heterocycles. The summed E-state index contributed by atoms with van der Waals surface area (Å²) in [5.74, 6) is -4.33. The average molecular weight is 284 g/mol. The van der Waals surface area contributed by atoms with E-state index in [1.165, 1.54) is 0 Å². The van der Waals surface area contributed by atoms with Crippen LogP contribution in [-0.4, -0.2) is 11.1 Å². The minimum absolute atomic E-state index is 0.0845. The van der Waals surface area contributed by atoms with E-state index < -0.39 is 23.2 Å². The number of hydrogen-bond acceptors (Lipinski definition) is 2. The third-order valence-electron chi connectivity index (χ3n) is 1.61. The molecule has 76 valence electrons. The van der Waals surface area contributed by atoms with E-state index in [0.717, 1.165) is 0 Å².